The first-order valence-electron chi connectivity index (χ1n) is 11.5. The van der Waals surface area contributed by atoms with Crippen LogP contribution in [0.3, 0.4) is 0 Å². The molecule has 0 aliphatic carbocycles. The van der Waals surface area contributed by atoms with Gasteiger partial charge in [-0.1, -0.05) is 12.1 Å². The van der Waals surface area contributed by atoms with Crippen molar-refractivity contribution in [3.05, 3.63) is 101 Å². The molecule has 0 aliphatic heterocycles. The van der Waals surface area contributed by atoms with Gasteiger partial charge in [-0.3, -0.25) is 24.3 Å². The van der Waals surface area contributed by atoms with Crippen LogP contribution in [0.2, 0.25) is 0 Å². The summed E-state index contributed by atoms with van der Waals surface area (Å²) in [7, 11) is 0. The Labute approximate surface area is 209 Å². The maximum atomic E-state index is 13.8. The van der Waals surface area contributed by atoms with Crippen LogP contribution in [0.15, 0.2) is 88.6 Å². The summed E-state index contributed by atoms with van der Waals surface area (Å²) in [6.07, 6.45) is 6.16. The van der Waals surface area contributed by atoms with Gasteiger partial charge >= 0.3 is 0 Å². The quantitative estimate of drug-likeness (QED) is 0.295. The van der Waals surface area contributed by atoms with E-state index in [4.69, 9.17) is 4.42 Å². The van der Waals surface area contributed by atoms with Crippen molar-refractivity contribution < 1.29 is 13.2 Å². The highest BCUT2D eigenvalue weighted by Crippen LogP contribution is 2.34. The first kappa shape index (κ1) is 22.7. The number of oxazole rings is 1. The molecule has 0 amide bonds. The molecule has 0 saturated heterocycles. The molecule has 0 radical (unpaired) electrons. The van der Waals surface area contributed by atoms with Gasteiger partial charge in [-0.15, -0.1) is 0 Å². The Morgan fingerprint density at radius 2 is 1.76 bits per heavy atom. The first-order chi connectivity index (χ1) is 17.8. The number of aromatic nitrogens is 5. The minimum atomic E-state index is -3.09. The van der Waals surface area contributed by atoms with Crippen LogP contribution >= 0.6 is 0 Å². The molecule has 0 aliphatic rings. The molecular formula is C28H19F2N5O2. The van der Waals surface area contributed by atoms with Crippen LogP contribution in [0.25, 0.3) is 50.3 Å². The summed E-state index contributed by atoms with van der Waals surface area (Å²) < 4.78 is 35.0. The second-order valence-electron chi connectivity index (χ2n) is 8.76. The van der Waals surface area contributed by atoms with Gasteiger partial charge in [0.2, 0.25) is 5.89 Å². The number of hydrogen-bond acceptors (Lipinski definition) is 6. The zero-order valence-electron chi connectivity index (χ0n) is 19.8. The van der Waals surface area contributed by atoms with E-state index in [0.717, 1.165) is 23.4 Å². The summed E-state index contributed by atoms with van der Waals surface area (Å²) in [5.74, 6) is -2.40. The lowest BCUT2D eigenvalue weighted by atomic mass is 10.1. The molecule has 5 aromatic heterocycles. The molecule has 0 unspecified atom stereocenters. The van der Waals surface area contributed by atoms with Crippen molar-refractivity contribution in [1.82, 2.24) is 24.5 Å². The number of nitrogens with zero attached hydrogens (tertiary/aromatic N) is 5. The highest BCUT2D eigenvalue weighted by atomic mass is 19.3. The fourth-order valence-corrected chi connectivity index (χ4v) is 4.27. The molecule has 0 spiro atoms. The molecule has 0 N–H and O–H groups in total. The fourth-order valence-electron chi connectivity index (χ4n) is 4.27. The number of fused-ring (bicyclic) bond motifs is 2. The minimum absolute atomic E-state index is 0.205. The lowest BCUT2D eigenvalue weighted by Crippen LogP contribution is -2.19. The first-order valence-corrected chi connectivity index (χ1v) is 11.5. The number of benzene rings is 1. The summed E-state index contributed by atoms with van der Waals surface area (Å²) in [6.45, 7) is 2.71. The van der Waals surface area contributed by atoms with Crippen LogP contribution in [0, 0.1) is 6.92 Å². The van der Waals surface area contributed by atoms with Gasteiger partial charge in [0, 0.05) is 59.3 Å². The average molecular weight is 495 g/mol. The van der Waals surface area contributed by atoms with Crippen LogP contribution in [0.1, 0.15) is 18.3 Å². The maximum Gasteiger partial charge on any atom is 0.286 e. The average Bonchev–Trinajstić information content (AvgIpc) is 3.34. The van der Waals surface area contributed by atoms with E-state index in [2.05, 4.69) is 19.9 Å². The normalized spacial score (nSPS) is 11.9. The summed E-state index contributed by atoms with van der Waals surface area (Å²) in [6, 6.07) is 15.6. The van der Waals surface area contributed by atoms with Gasteiger partial charge < -0.3 is 4.42 Å². The van der Waals surface area contributed by atoms with Gasteiger partial charge in [-0.2, -0.15) is 13.8 Å². The highest BCUT2D eigenvalue weighted by Gasteiger charge is 2.27. The van der Waals surface area contributed by atoms with Gasteiger partial charge in [0.05, 0.1) is 0 Å². The molecule has 7 nitrogen and oxygen atoms in total. The van der Waals surface area contributed by atoms with E-state index in [1.54, 1.807) is 36.8 Å². The predicted molar refractivity (Wildman–Crippen MR) is 136 cm³/mol. The smallest absolute Gasteiger partial charge is 0.286 e. The van der Waals surface area contributed by atoms with E-state index >= 15 is 0 Å². The van der Waals surface area contributed by atoms with Crippen LogP contribution < -0.4 is 5.56 Å². The lowest BCUT2D eigenvalue weighted by Gasteiger charge is -2.10. The van der Waals surface area contributed by atoms with Crippen molar-refractivity contribution in [3.63, 3.8) is 0 Å². The van der Waals surface area contributed by atoms with Gasteiger partial charge in [0.15, 0.2) is 11.6 Å². The van der Waals surface area contributed by atoms with Crippen molar-refractivity contribution in [2.24, 2.45) is 0 Å². The number of halogens is 2. The van der Waals surface area contributed by atoms with Crippen molar-refractivity contribution in [2.45, 2.75) is 19.8 Å². The van der Waals surface area contributed by atoms with E-state index in [9.17, 15) is 13.6 Å². The van der Waals surface area contributed by atoms with Crippen molar-refractivity contribution >= 4 is 21.7 Å². The van der Waals surface area contributed by atoms with Gasteiger partial charge in [0.1, 0.15) is 11.2 Å². The van der Waals surface area contributed by atoms with E-state index in [-0.39, 0.29) is 34.2 Å². The third-order valence-electron chi connectivity index (χ3n) is 6.19. The molecule has 6 aromatic rings. The zero-order chi connectivity index (χ0) is 25.7. The van der Waals surface area contributed by atoms with Crippen LogP contribution in [0.4, 0.5) is 8.78 Å². The maximum absolute atomic E-state index is 13.8. The number of aryl methyl sites for hydroxylation is 1. The Hall–Kier alpha value is -4.79. The Kier molecular flexibility index (Phi) is 5.15. The van der Waals surface area contributed by atoms with E-state index < -0.39 is 5.92 Å². The number of rotatable bonds is 4. The molecular weight excluding hydrogens is 476 g/mol. The SMILES string of the molecule is Cc1nccc2cc(-c3nc(-n4ccc5cccnc5c4=O)c(-c4ccc(C(C)(F)F)nc4)o3)ccc12. The summed E-state index contributed by atoms with van der Waals surface area (Å²) in [5, 5.41) is 2.63. The van der Waals surface area contributed by atoms with Crippen LogP contribution in [0.5, 0.6) is 0 Å². The molecule has 1 aromatic carbocycles. The van der Waals surface area contributed by atoms with Crippen molar-refractivity contribution in [2.75, 3.05) is 0 Å². The Morgan fingerprint density at radius 3 is 2.54 bits per heavy atom. The third kappa shape index (κ3) is 3.94. The molecule has 9 heteroatoms. The molecule has 0 bridgehead atoms. The van der Waals surface area contributed by atoms with Gasteiger partial charge in [-0.25, -0.2) is 0 Å². The van der Waals surface area contributed by atoms with Crippen LogP contribution in [-0.2, 0) is 5.92 Å². The van der Waals surface area contributed by atoms with E-state index in [1.807, 2.05) is 31.2 Å². The topological polar surface area (TPSA) is 86.7 Å². The molecule has 0 saturated carbocycles. The number of alkyl halides is 2. The third-order valence-corrected chi connectivity index (χ3v) is 6.19. The monoisotopic (exact) mass is 495 g/mol. The lowest BCUT2D eigenvalue weighted by molar-refractivity contribution is 0.0128. The molecule has 0 fully saturated rings. The summed E-state index contributed by atoms with van der Waals surface area (Å²) in [5.41, 5.74) is 1.49. The standard InChI is InChI=1S/C28H19F2N5O2/c1-16-21-7-5-19(14-18(21)9-12-31-16)26-34-25(35-13-10-17-4-3-11-32-23(17)27(35)36)24(37-26)20-6-8-22(33-15-20)28(2,29)30/h3-15H,1-2H3. The van der Waals surface area contributed by atoms with Gasteiger partial charge in [0.25, 0.3) is 11.5 Å². The zero-order valence-corrected chi connectivity index (χ0v) is 19.8. The van der Waals surface area contributed by atoms with Crippen LogP contribution in [-0.4, -0.2) is 24.5 Å². The number of hydrogen-bond donors (Lipinski definition) is 0. The molecule has 0 atom stereocenters. The fraction of sp³-hybridized carbons (Fsp3) is 0.107. The number of pyridine rings is 4. The Balaban J connectivity index is 1.57. The Morgan fingerprint density at radius 1 is 0.919 bits per heavy atom. The van der Waals surface area contributed by atoms with E-state index in [1.165, 1.54) is 22.9 Å². The molecule has 37 heavy (non-hydrogen) atoms. The summed E-state index contributed by atoms with van der Waals surface area (Å²) >= 11 is 0. The second-order valence-corrected chi connectivity index (χ2v) is 8.76. The Bertz CT molecular complexity index is 1850. The van der Waals surface area contributed by atoms with Crippen molar-refractivity contribution in [1.29, 1.82) is 0 Å². The summed E-state index contributed by atoms with van der Waals surface area (Å²) in [4.78, 5) is 30.5. The highest BCUT2D eigenvalue weighted by molar-refractivity contribution is 5.88. The molecule has 5 heterocycles. The minimum Gasteiger partial charge on any atom is -0.434 e. The molecule has 6 rings (SSSR count). The predicted octanol–water partition coefficient (Wildman–Crippen LogP) is 6.07. The van der Waals surface area contributed by atoms with Crippen molar-refractivity contribution in [3.8, 4) is 28.6 Å². The van der Waals surface area contributed by atoms with E-state index in [0.29, 0.717) is 16.5 Å². The molecule has 182 valence electrons. The largest absolute Gasteiger partial charge is 0.434 e. The second kappa shape index (κ2) is 8.41. The van der Waals surface area contributed by atoms with Gasteiger partial charge in [-0.05, 0) is 54.8 Å².